The number of aliphatic hydroxyl groups is 1. The van der Waals surface area contributed by atoms with E-state index in [2.05, 4.69) is 26.1 Å². The van der Waals surface area contributed by atoms with E-state index in [1.165, 1.54) is 0 Å². The van der Waals surface area contributed by atoms with Crippen LogP contribution in [-0.4, -0.2) is 50.2 Å². The summed E-state index contributed by atoms with van der Waals surface area (Å²) in [7, 11) is 3.41. The van der Waals surface area contributed by atoms with Crippen LogP contribution in [0.4, 0.5) is 0 Å². The molecule has 4 heteroatoms. The van der Waals surface area contributed by atoms with Crippen molar-refractivity contribution in [1.29, 1.82) is 0 Å². The first kappa shape index (κ1) is 15.8. The van der Waals surface area contributed by atoms with Crippen molar-refractivity contribution in [3.8, 4) is 0 Å². The minimum atomic E-state index is -0.122. The van der Waals surface area contributed by atoms with Gasteiger partial charge in [0.15, 0.2) is 0 Å². The van der Waals surface area contributed by atoms with Gasteiger partial charge in [0.05, 0.1) is 12.2 Å². The Balaban J connectivity index is 4.02. The van der Waals surface area contributed by atoms with Crippen molar-refractivity contribution in [2.24, 2.45) is 0 Å². The van der Waals surface area contributed by atoms with E-state index < -0.39 is 0 Å². The molecule has 0 aliphatic rings. The van der Waals surface area contributed by atoms with E-state index in [-0.39, 0.29) is 18.2 Å². The Kier molecular flexibility index (Phi) is 7.93. The van der Waals surface area contributed by atoms with Crippen LogP contribution in [0, 0.1) is 0 Å². The Hall–Kier alpha value is -0.160. The van der Waals surface area contributed by atoms with E-state index in [0.29, 0.717) is 19.1 Å². The molecule has 0 saturated carbocycles. The van der Waals surface area contributed by atoms with Crippen LogP contribution in [0.1, 0.15) is 33.6 Å². The summed E-state index contributed by atoms with van der Waals surface area (Å²) in [6.45, 7) is 7.08. The van der Waals surface area contributed by atoms with Crippen molar-refractivity contribution in [3.05, 3.63) is 0 Å². The number of hydrogen-bond acceptors (Lipinski definition) is 4. The van der Waals surface area contributed by atoms with Gasteiger partial charge in [0, 0.05) is 32.9 Å². The quantitative estimate of drug-likeness (QED) is 0.628. The number of aliphatic hydroxyl groups excluding tert-OH is 1. The maximum absolute atomic E-state index is 8.93. The van der Waals surface area contributed by atoms with Crippen molar-refractivity contribution in [3.63, 3.8) is 0 Å². The Morgan fingerprint density at radius 3 is 2.38 bits per heavy atom. The van der Waals surface area contributed by atoms with E-state index in [0.717, 1.165) is 6.42 Å². The van der Waals surface area contributed by atoms with Gasteiger partial charge in [-0.25, -0.2) is 0 Å². The first-order chi connectivity index (χ1) is 7.45. The van der Waals surface area contributed by atoms with Crippen molar-refractivity contribution in [2.75, 3.05) is 27.4 Å². The average molecular weight is 233 g/mol. The normalized spacial score (nSPS) is 16.1. The topological polar surface area (TPSA) is 50.7 Å². The van der Waals surface area contributed by atoms with Crippen LogP contribution in [0.2, 0.25) is 0 Å². The Morgan fingerprint density at radius 2 is 1.94 bits per heavy atom. The molecule has 0 aromatic carbocycles. The first-order valence-corrected chi connectivity index (χ1v) is 5.86. The van der Waals surface area contributed by atoms with Crippen molar-refractivity contribution < 1.29 is 14.6 Å². The van der Waals surface area contributed by atoms with Gasteiger partial charge in [-0.2, -0.15) is 0 Å². The lowest BCUT2D eigenvalue weighted by Crippen LogP contribution is -2.43. The van der Waals surface area contributed by atoms with Gasteiger partial charge in [-0.05, 0) is 33.6 Å². The predicted molar refractivity (Wildman–Crippen MR) is 65.7 cm³/mol. The Labute approximate surface area is 99.3 Å². The molecular formula is C12H27NO3. The van der Waals surface area contributed by atoms with E-state index in [1.54, 1.807) is 14.2 Å². The van der Waals surface area contributed by atoms with Gasteiger partial charge in [-0.15, -0.1) is 0 Å². The largest absolute Gasteiger partial charge is 0.396 e. The zero-order valence-electron chi connectivity index (χ0n) is 11.2. The molecule has 0 aromatic rings. The standard InChI is InChI=1S/C12H27NO3/c1-10(8-12(2,3)16-5)13-11(6-7-14)9-15-4/h10-11,13-14H,6-9H2,1-5H3. The second-order valence-electron chi connectivity index (χ2n) is 4.90. The molecule has 0 heterocycles. The molecule has 0 aliphatic heterocycles. The lowest BCUT2D eigenvalue weighted by Gasteiger charge is -2.29. The van der Waals surface area contributed by atoms with E-state index in [4.69, 9.17) is 14.6 Å². The summed E-state index contributed by atoms with van der Waals surface area (Å²) in [5.74, 6) is 0. The van der Waals surface area contributed by atoms with Crippen LogP contribution < -0.4 is 5.32 Å². The molecule has 0 saturated heterocycles. The fourth-order valence-corrected chi connectivity index (χ4v) is 1.85. The van der Waals surface area contributed by atoms with Crippen molar-refractivity contribution in [1.82, 2.24) is 5.32 Å². The molecule has 0 rings (SSSR count). The van der Waals surface area contributed by atoms with Crippen LogP contribution >= 0.6 is 0 Å². The van der Waals surface area contributed by atoms with Gasteiger partial charge in [0.25, 0.3) is 0 Å². The van der Waals surface area contributed by atoms with E-state index >= 15 is 0 Å². The Bertz CT molecular complexity index is 168. The molecule has 2 atom stereocenters. The summed E-state index contributed by atoms with van der Waals surface area (Å²) in [4.78, 5) is 0. The number of nitrogens with one attached hydrogen (secondary N) is 1. The van der Waals surface area contributed by atoms with Crippen molar-refractivity contribution in [2.45, 2.75) is 51.3 Å². The van der Waals surface area contributed by atoms with Gasteiger partial charge in [-0.1, -0.05) is 0 Å². The number of methoxy groups -OCH3 is 2. The smallest absolute Gasteiger partial charge is 0.0637 e. The highest BCUT2D eigenvalue weighted by atomic mass is 16.5. The molecule has 16 heavy (non-hydrogen) atoms. The lowest BCUT2D eigenvalue weighted by atomic mass is 9.99. The summed E-state index contributed by atoms with van der Waals surface area (Å²) >= 11 is 0. The maximum atomic E-state index is 8.93. The minimum absolute atomic E-state index is 0.122. The highest BCUT2D eigenvalue weighted by molar-refractivity contribution is 4.78. The first-order valence-electron chi connectivity index (χ1n) is 5.86. The van der Waals surface area contributed by atoms with Gasteiger partial charge in [0.1, 0.15) is 0 Å². The SMILES string of the molecule is COCC(CCO)NC(C)CC(C)(C)OC. The second kappa shape index (κ2) is 8.01. The van der Waals surface area contributed by atoms with Gasteiger partial charge >= 0.3 is 0 Å². The van der Waals surface area contributed by atoms with Gasteiger partial charge in [0.2, 0.25) is 0 Å². The van der Waals surface area contributed by atoms with Gasteiger partial charge in [-0.3, -0.25) is 0 Å². The van der Waals surface area contributed by atoms with Crippen LogP contribution in [0.5, 0.6) is 0 Å². The molecule has 0 amide bonds. The van der Waals surface area contributed by atoms with Crippen LogP contribution in [0.25, 0.3) is 0 Å². The molecule has 0 fully saturated rings. The van der Waals surface area contributed by atoms with E-state index in [9.17, 15) is 0 Å². The molecule has 4 nitrogen and oxygen atoms in total. The van der Waals surface area contributed by atoms with Crippen LogP contribution in [0.3, 0.4) is 0 Å². The third-order valence-electron chi connectivity index (χ3n) is 2.72. The third kappa shape index (κ3) is 7.17. The highest BCUT2D eigenvalue weighted by Gasteiger charge is 2.21. The predicted octanol–water partition coefficient (Wildman–Crippen LogP) is 1.18. The van der Waals surface area contributed by atoms with Crippen LogP contribution in [-0.2, 0) is 9.47 Å². The number of rotatable bonds is 9. The third-order valence-corrected chi connectivity index (χ3v) is 2.72. The molecule has 0 spiro atoms. The molecular weight excluding hydrogens is 206 g/mol. The zero-order chi connectivity index (χ0) is 12.6. The number of hydrogen-bond donors (Lipinski definition) is 2. The highest BCUT2D eigenvalue weighted by Crippen LogP contribution is 2.15. The maximum Gasteiger partial charge on any atom is 0.0637 e. The second-order valence-corrected chi connectivity index (χ2v) is 4.90. The number of ether oxygens (including phenoxy) is 2. The molecule has 2 unspecified atom stereocenters. The molecule has 0 radical (unpaired) electrons. The summed E-state index contributed by atoms with van der Waals surface area (Å²) in [6, 6.07) is 0.541. The summed E-state index contributed by atoms with van der Waals surface area (Å²) in [5.41, 5.74) is -0.122. The fraction of sp³-hybridized carbons (Fsp3) is 1.00. The molecule has 0 aliphatic carbocycles. The zero-order valence-corrected chi connectivity index (χ0v) is 11.2. The summed E-state index contributed by atoms with van der Waals surface area (Å²) in [6.07, 6.45) is 1.64. The van der Waals surface area contributed by atoms with Crippen molar-refractivity contribution >= 4 is 0 Å². The minimum Gasteiger partial charge on any atom is -0.396 e. The summed E-state index contributed by atoms with van der Waals surface area (Å²) < 4.78 is 10.5. The lowest BCUT2D eigenvalue weighted by molar-refractivity contribution is 0.00626. The summed E-state index contributed by atoms with van der Waals surface area (Å²) in [5, 5.41) is 12.4. The molecule has 0 aromatic heterocycles. The average Bonchev–Trinajstić information content (AvgIpc) is 2.17. The molecule has 0 bridgehead atoms. The monoisotopic (exact) mass is 233 g/mol. The fourth-order valence-electron chi connectivity index (χ4n) is 1.85. The van der Waals surface area contributed by atoms with Crippen LogP contribution in [0.15, 0.2) is 0 Å². The van der Waals surface area contributed by atoms with Gasteiger partial charge < -0.3 is 19.9 Å². The molecule has 2 N–H and O–H groups in total. The van der Waals surface area contributed by atoms with E-state index in [1.807, 2.05) is 0 Å². The Morgan fingerprint density at radius 1 is 1.31 bits per heavy atom. The molecule has 98 valence electrons.